The largest absolute Gasteiger partial charge is 0.481 e. The quantitative estimate of drug-likeness (QED) is 0.749. The van der Waals surface area contributed by atoms with Crippen molar-refractivity contribution in [2.24, 2.45) is 0 Å². The second-order valence-electron chi connectivity index (χ2n) is 4.67. The number of hydrogen-bond acceptors (Lipinski definition) is 3. The second kappa shape index (κ2) is 7.05. The molecule has 0 aliphatic heterocycles. The minimum absolute atomic E-state index is 0.172. The lowest BCUT2D eigenvalue weighted by molar-refractivity contribution is 0.0230. The molecule has 0 radical (unpaired) electrons. The van der Waals surface area contributed by atoms with Gasteiger partial charge in [-0.25, -0.2) is 0 Å². The van der Waals surface area contributed by atoms with E-state index < -0.39 is 0 Å². The van der Waals surface area contributed by atoms with Gasteiger partial charge in [0.15, 0.2) is 0 Å². The molecule has 0 aliphatic rings. The smallest absolute Gasteiger partial charge is 0.148 e. The molecule has 18 heavy (non-hydrogen) atoms. The molecule has 0 unspecified atom stereocenters. The highest BCUT2D eigenvalue weighted by Gasteiger charge is 2.15. The van der Waals surface area contributed by atoms with Crippen molar-refractivity contribution in [3.63, 3.8) is 0 Å². The van der Waals surface area contributed by atoms with Gasteiger partial charge in [-0.15, -0.1) is 6.42 Å². The standard InChI is InChI=1S/C15H21NO2/c1-5-10-18-14-9-7-6-8-13(14)11-16-12-15(2,3)17-4/h1,6-9,16H,10-12H2,2-4H3. The fraction of sp³-hybridized carbons (Fsp3) is 0.467. The van der Waals surface area contributed by atoms with Crippen LogP contribution in [-0.2, 0) is 11.3 Å². The molecule has 0 saturated carbocycles. The minimum atomic E-state index is -0.172. The third-order valence-corrected chi connectivity index (χ3v) is 2.70. The van der Waals surface area contributed by atoms with Crippen LogP contribution in [0.4, 0.5) is 0 Å². The van der Waals surface area contributed by atoms with Crippen molar-refractivity contribution in [2.45, 2.75) is 26.0 Å². The molecule has 0 atom stereocenters. The first kappa shape index (κ1) is 14.6. The van der Waals surface area contributed by atoms with Crippen molar-refractivity contribution in [1.82, 2.24) is 5.32 Å². The normalized spacial score (nSPS) is 11.0. The summed E-state index contributed by atoms with van der Waals surface area (Å²) in [6.07, 6.45) is 5.19. The van der Waals surface area contributed by atoms with Gasteiger partial charge in [0.2, 0.25) is 0 Å². The van der Waals surface area contributed by atoms with Crippen LogP contribution in [0.5, 0.6) is 5.75 Å². The molecule has 3 heteroatoms. The summed E-state index contributed by atoms with van der Waals surface area (Å²) >= 11 is 0. The van der Waals surface area contributed by atoms with Gasteiger partial charge in [0.05, 0.1) is 5.60 Å². The van der Waals surface area contributed by atoms with E-state index in [4.69, 9.17) is 15.9 Å². The SMILES string of the molecule is C#CCOc1ccccc1CNCC(C)(C)OC. The summed E-state index contributed by atoms with van der Waals surface area (Å²) in [5.41, 5.74) is 0.925. The molecule has 0 saturated heterocycles. The zero-order valence-corrected chi connectivity index (χ0v) is 11.3. The van der Waals surface area contributed by atoms with E-state index in [2.05, 4.69) is 11.2 Å². The Morgan fingerprint density at radius 3 is 2.72 bits per heavy atom. The molecule has 0 fully saturated rings. The lowest BCUT2D eigenvalue weighted by Gasteiger charge is -2.23. The van der Waals surface area contributed by atoms with Gasteiger partial charge in [0.25, 0.3) is 0 Å². The number of nitrogens with one attached hydrogen (secondary N) is 1. The zero-order chi connectivity index (χ0) is 13.4. The molecule has 3 nitrogen and oxygen atoms in total. The van der Waals surface area contributed by atoms with Gasteiger partial charge in [-0.1, -0.05) is 24.1 Å². The minimum Gasteiger partial charge on any atom is -0.481 e. The van der Waals surface area contributed by atoms with E-state index in [1.807, 2.05) is 38.1 Å². The van der Waals surface area contributed by atoms with Crippen LogP contribution < -0.4 is 10.1 Å². The Morgan fingerprint density at radius 2 is 2.06 bits per heavy atom. The zero-order valence-electron chi connectivity index (χ0n) is 11.3. The van der Waals surface area contributed by atoms with E-state index in [1.54, 1.807) is 7.11 Å². The van der Waals surface area contributed by atoms with Gasteiger partial charge >= 0.3 is 0 Å². The Hall–Kier alpha value is -1.50. The number of hydrogen-bond donors (Lipinski definition) is 1. The Balaban J connectivity index is 2.54. The summed E-state index contributed by atoms with van der Waals surface area (Å²) in [4.78, 5) is 0. The molecule has 0 aromatic heterocycles. The lowest BCUT2D eigenvalue weighted by atomic mass is 10.1. The number of para-hydroxylation sites is 1. The summed E-state index contributed by atoms with van der Waals surface area (Å²) in [6.45, 7) is 5.88. The van der Waals surface area contributed by atoms with Gasteiger partial charge in [-0.2, -0.15) is 0 Å². The second-order valence-corrected chi connectivity index (χ2v) is 4.67. The number of rotatable bonds is 7. The van der Waals surface area contributed by atoms with Crippen molar-refractivity contribution in [2.75, 3.05) is 20.3 Å². The van der Waals surface area contributed by atoms with Crippen LogP contribution in [0.3, 0.4) is 0 Å². The van der Waals surface area contributed by atoms with Crippen LogP contribution in [-0.4, -0.2) is 25.9 Å². The van der Waals surface area contributed by atoms with E-state index in [9.17, 15) is 0 Å². The first-order chi connectivity index (χ1) is 8.59. The maximum Gasteiger partial charge on any atom is 0.148 e. The summed E-state index contributed by atoms with van der Waals surface area (Å²) < 4.78 is 10.8. The molecule has 0 aliphatic carbocycles. The molecule has 0 spiro atoms. The molecule has 1 N–H and O–H groups in total. The molecule has 0 heterocycles. The van der Waals surface area contributed by atoms with E-state index in [0.717, 1.165) is 24.4 Å². The van der Waals surface area contributed by atoms with Crippen LogP contribution in [0.25, 0.3) is 0 Å². The third kappa shape index (κ3) is 4.79. The number of ether oxygens (including phenoxy) is 2. The van der Waals surface area contributed by atoms with E-state index in [1.165, 1.54) is 0 Å². The van der Waals surface area contributed by atoms with E-state index in [-0.39, 0.29) is 5.60 Å². The average Bonchev–Trinajstić information content (AvgIpc) is 2.37. The summed E-state index contributed by atoms with van der Waals surface area (Å²) in [5.74, 6) is 3.30. The summed E-state index contributed by atoms with van der Waals surface area (Å²) in [6, 6.07) is 7.88. The van der Waals surface area contributed by atoms with Crippen LogP contribution >= 0.6 is 0 Å². The molecular weight excluding hydrogens is 226 g/mol. The Kier molecular flexibility index (Phi) is 5.70. The van der Waals surface area contributed by atoms with Crippen LogP contribution in [0, 0.1) is 12.3 Å². The Labute approximate surface area is 109 Å². The van der Waals surface area contributed by atoms with Gasteiger partial charge in [-0.3, -0.25) is 0 Å². The highest BCUT2D eigenvalue weighted by atomic mass is 16.5. The van der Waals surface area contributed by atoms with Gasteiger partial charge < -0.3 is 14.8 Å². The summed E-state index contributed by atoms with van der Waals surface area (Å²) in [5, 5.41) is 3.35. The summed E-state index contributed by atoms with van der Waals surface area (Å²) in [7, 11) is 1.71. The van der Waals surface area contributed by atoms with Crippen LogP contribution in [0.15, 0.2) is 24.3 Å². The molecular formula is C15H21NO2. The Bertz CT molecular complexity index is 407. The van der Waals surface area contributed by atoms with Crippen LogP contribution in [0.2, 0.25) is 0 Å². The number of benzene rings is 1. The first-order valence-corrected chi connectivity index (χ1v) is 5.99. The van der Waals surface area contributed by atoms with E-state index >= 15 is 0 Å². The predicted molar refractivity (Wildman–Crippen MR) is 73.6 cm³/mol. The van der Waals surface area contributed by atoms with Crippen molar-refractivity contribution in [3.05, 3.63) is 29.8 Å². The molecule has 0 bridgehead atoms. The van der Waals surface area contributed by atoms with Crippen molar-refractivity contribution < 1.29 is 9.47 Å². The van der Waals surface area contributed by atoms with Gasteiger partial charge in [0, 0.05) is 25.8 Å². The molecule has 1 aromatic carbocycles. The maximum absolute atomic E-state index is 5.49. The monoisotopic (exact) mass is 247 g/mol. The van der Waals surface area contributed by atoms with Crippen LogP contribution in [0.1, 0.15) is 19.4 Å². The third-order valence-electron chi connectivity index (χ3n) is 2.70. The van der Waals surface area contributed by atoms with Crippen molar-refractivity contribution in [1.29, 1.82) is 0 Å². The molecule has 0 amide bonds. The molecule has 1 rings (SSSR count). The molecule has 1 aromatic rings. The highest BCUT2D eigenvalue weighted by molar-refractivity contribution is 5.33. The van der Waals surface area contributed by atoms with Gasteiger partial charge in [-0.05, 0) is 19.9 Å². The van der Waals surface area contributed by atoms with Crippen molar-refractivity contribution in [3.8, 4) is 18.1 Å². The first-order valence-electron chi connectivity index (χ1n) is 5.99. The van der Waals surface area contributed by atoms with Gasteiger partial charge in [0.1, 0.15) is 12.4 Å². The van der Waals surface area contributed by atoms with E-state index in [0.29, 0.717) is 6.61 Å². The fourth-order valence-electron chi connectivity index (χ4n) is 1.48. The number of methoxy groups -OCH3 is 1. The lowest BCUT2D eigenvalue weighted by Crippen LogP contribution is -2.36. The Morgan fingerprint density at radius 1 is 1.33 bits per heavy atom. The predicted octanol–water partition coefficient (Wildman–Crippen LogP) is 2.21. The fourth-order valence-corrected chi connectivity index (χ4v) is 1.48. The average molecular weight is 247 g/mol. The molecule has 98 valence electrons. The number of terminal acetylenes is 1. The highest BCUT2D eigenvalue weighted by Crippen LogP contribution is 2.17. The maximum atomic E-state index is 5.49. The van der Waals surface area contributed by atoms with Crippen molar-refractivity contribution >= 4 is 0 Å². The topological polar surface area (TPSA) is 30.5 Å².